The average molecular weight is 311 g/mol. The number of hydrogen-bond acceptors (Lipinski definition) is 1. The molecule has 10 heavy (non-hydrogen) atoms. The van der Waals surface area contributed by atoms with Crippen LogP contribution in [0.3, 0.4) is 0 Å². The van der Waals surface area contributed by atoms with Crippen LogP contribution in [0.15, 0.2) is 24.3 Å². The molecule has 0 radical (unpaired) electrons. The molecule has 1 aromatic rings. The third kappa shape index (κ3) is 1.79. The van der Waals surface area contributed by atoms with Gasteiger partial charge in [0, 0.05) is 9.13 Å². The lowest BCUT2D eigenvalue weighted by Crippen LogP contribution is -1.90. The predicted molar refractivity (Wildman–Crippen MR) is 52.4 cm³/mol. The van der Waals surface area contributed by atoms with Crippen molar-refractivity contribution in [2.45, 2.75) is 0 Å². The number of rotatable bonds is 1. The summed E-state index contributed by atoms with van der Waals surface area (Å²) in [4.78, 5) is 10.8. The van der Waals surface area contributed by atoms with E-state index in [-0.39, 0.29) is 4.69 Å². The van der Waals surface area contributed by atoms with Crippen LogP contribution >= 0.6 is 38.5 Å². The van der Waals surface area contributed by atoms with Crippen molar-refractivity contribution in [2.24, 2.45) is 0 Å². The molecule has 0 unspecified atom stereocenters. The summed E-state index contributed by atoms with van der Waals surface area (Å²) >= 11 is 5.01. The molecule has 0 aromatic heterocycles. The molecule has 0 aliphatic rings. The SMILES string of the molecule is O=C(Br)c1ccccc1I. The summed E-state index contributed by atoms with van der Waals surface area (Å²) in [7, 11) is 0. The lowest BCUT2D eigenvalue weighted by molar-refractivity contribution is 0.109. The lowest BCUT2D eigenvalue weighted by atomic mass is 10.2. The molecule has 0 spiro atoms. The summed E-state index contributed by atoms with van der Waals surface area (Å²) in [6.07, 6.45) is 0. The molecular weight excluding hydrogens is 307 g/mol. The van der Waals surface area contributed by atoms with E-state index in [1.165, 1.54) is 0 Å². The van der Waals surface area contributed by atoms with Crippen LogP contribution in [0.4, 0.5) is 0 Å². The van der Waals surface area contributed by atoms with Crippen LogP contribution in [0.1, 0.15) is 10.4 Å². The first-order valence-corrected chi connectivity index (χ1v) is 4.53. The first-order valence-electron chi connectivity index (χ1n) is 2.66. The number of halogens is 2. The van der Waals surface area contributed by atoms with Gasteiger partial charge >= 0.3 is 0 Å². The molecule has 0 amide bonds. The average Bonchev–Trinajstić information content (AvgIpc) is 1.88. The Hall–Kier alpha value is 0.100. The van der Waals surface area contributed by atoms with Crippen molar-refractivity contribution in [3.05, 3.63) is 33.4 Å². The third-order valence-corrected chi connectivity index (χ3v) is 2.45. The number of carbonyl (C=O) groups is 1. The fraction of sp³-hybridized carbons (Fsp3) is 0. The minimum absolute atomic E-state index is 0.0579. The highest BCUT2D eigenvalue weighted by Gasteiger charge is 2.02. The van der Waals surface area contributed by atoms with Gasteiger partial charge in [-0.1, -0.05) is 12.1 Å². The van der Waals surface area contributed by atoms with Crippen LogP contribution in [0.5, 0.6) is 0 Å². The van der Waals surface area contributed by atoms with E-state index in [0.29, 0.717) is 0 Å². The fourth-order valence-electron chi connectivity index (χ4n) is 0.621. The molecule has 0 aliphatic carbocycles. The third-order valence-electron chi connectivity index (χ3n) is 1.09. The van der Waals surface area contributed by atoms with Gasteiger partial charge in [0.2, 0.25) is 4.69 Å². The zero-order valence-electron chi connectivity index (χ0n) is 4.97. The van der Waals surface area contributed by atoms with E-state index in [1.807, 2.05) is 18.2 Å². The summed E-state index contributed by atoms with van der Waals surface area (Å²) in [6, 6.07) is 7.44. The van der Waals surface area contributed by atoms with Crippen LogP contribution in [0.2, 0.25) is 0 Å². The molecule has 0 heterocycles. The smallest absolute Gasteiger partial charge is 0.229 e. The molecule has 1 aromatic carbocycles. The molecule has 0 saturated carbocycles. The van der Waals surface area contributed by atoms with Crippen LogP contribution < -0.4 is 0 Å². The molecule has 52 valence electrons. The van der Waals surface area contributed by atoms with Crippen LogP contribution in [0, 0.1) is 3.57 Å². The Balaban J connectivity index is 3.15. The molecule has 3 heteroatoms. The Morgan fingerprint density at radius 2 is 2.00 bits per heavy atom. The van der Waals surface area contributed by atoms with Gasteiger partial charge in [-0.05, 0) is 50.7 Å². The van der Waals surface area contributed by atoms with Crippen molar-refractivity contribution in [2.75, 3.05) is 0 Å². The zero-order chi connectivity index (χ0) is 7.56. The number of hydrogen-bond donors (Lipinski definition) is 0. The van der Waals surface area contributed by atoms with Crippen molar-refractivity contribution in [1.82, 2.24) is 0 Å². The molecule has 0 saturated heterocycles. The number of benzene rings is 1. The number of carbonyl (C=O) groups excluding carboxylic acids is 1. The topological polar surface area (TPSA) is 17.1 Å². The van der Waals surface area contributed by atoms with Gasteiger partial charge < -0.3 is 0 Å². The zero-order valence-corrected chi connectivity index (χ0v) is 8.72. The van der Waals surface area contributed by atoms with Gasteiger partial charge in [-0.25, -0.2) is 0 Å². The van der Waals surface area contributed by atoms with Crippen molar-refractivity contribution < 1.29 is 4.79 Å². The molecule has 0 aliphatic heterocycles. The van der Waals surface area contributed by atoms with E-state index >= 15 is 0 Å². The predicted octanol–water partition coefficient (Wildman–Crippen LogP) is 2.83. The maximum absolute atomic E-state index is 10.8. The van der Waals surface area contributed by atoms with Gasteiger partial charge in [0.05, 0.1) is 0 Å². The second kappa shape index (κ2) is 3.48. The monoisotopic (exact) mass is 310 g/mol. The molecule has 0 fully saturated rings. The molecule has 0 N–H and O–H groups in total. The highest BCUT2D eigenvalue weighted by atomic mass is 127. The minimum Gasteiger partial charge on any atom is -0.281 e. The Morgan fingerprint density at radius 1 is 1.40 bits per heavy atom. The summed E-state index contributed by atoms with van der Waals surface area (Å²) in [5.41, 5.74) is 0.725. The van der Waals surface area contributed by atoms with E-state index in [4.69, 9.17) is 0 Å². The van der Waals surface area contributed by atoms with Gasteiger partial charge in [0.15, 0.2) is 0 Å². The van der Waals surface area contributed by atoms with E-state index in [0.717, 1.165) is 9.13 Å². The van der Waals surface area contributed by atoms with Gasteiger partial charge in [-0.15, -0.1) is 0 Å². The first-order chi connectivity index (χ1) is 4.72. The van der Waals surface area contributed by atoms with Crippen LogP contribution in [-0.2, 0) is 0 Å². The summed E-state index contributed by atoms with van der Waals surface area (Å²) in [6.45, 7) is 0. The van der Waals surface area contributed by atoms with Gasteiger partial charge in [0.1, 0.15) is 0 Å². The summed E-state index contributed by atoms with van der Waals surface area (Å²) in [5.74, 6) is 0. The van der Waals surface area contributed by atoms with Crippen molar-refractivity contribution in [3.63, 3.8) is 0 Å². The highest BCUT2D eigenvalue weighted by molar-refractivity contribution is 14.1. The van der Waals surface area contributed by atoms with E-state index in [1.54, 1.807) is 6.07 Å². The van der Waals surface area contributed by atoms with Gasteiger partial charge in [-0.3, -0.25) is 4.79 Å². The Morgan fingerprint density at radius 3 is 2.40 bits per heavy atom. The van der Waals surface area contributed by atoms with E-state index < -0.39 is 0 Å². The maximum Gasteiger partial charge on any atom is 0.229 e. The summed E-state index contributed by atoms with van der Waals surface area (Å²) in [5, 5.41) is 0. The standard InChI is InChI=1S/C7H4BrIO/c8-7(10)5-3-1-2-4-6(5)9/h1-4H. The molecule has 0 atom stereocenters. The van der Waals surface area contributed by atoms with Crippen molar-refractivity contribution in [3.8, 4) is 0 Å². The molecular formula is C7H4BrIO. The maximum atomic E-state index is 10.8. The largest absolute Gasteiger partial charge is 0.281 e. The minimum atomic E-state index is -0.0579. The Kier molecular flexibility index (Phi) is 2.85. The Bertz CT molecular complexity index is 260. The van der Waals surface area contributed by atoms with Gasteiger partial charge in [0.25, 0.3) is 0 Å². The summed E-state index contributed by atoms with van der Waals surface area (Å²) < 4.78 is 0.916. The van der Waals surface area contributed by atoms with Crippen LogP contribution in [0.25, 0.3) is 0 Å². The first kappa shape index (κ1) is 8.20. The van der Waals surface area contributed by atoms with Crippen molar-refractivity contribution in [1.29, 1.82) is 0 Å². The lowest BCUT2D eigenvalue weighted by Gasteiger charge is -1.94. The van der Waals surface area contributed by atoms with Gasteiger partial charge in [-0.2, -0.15) is 0 Å². The van der Waals surface area contributed by atoms with Crippen LogP contribution in [-0.4, -0.2) is 4.69 Å². The Labute approximate surface area is 81.1 Å². The highest BCUT2D eigenvalue weighted by Crippen LogP contribution is 2.13. The molecule has 0 bridgehead atoms. The normalized spacial score (nSPS) is 9.40. The van der Waals surface area contributed by atoms with Crippen molar-refractivity contribution >= 4 is 43.2 Å². The van der Waals surface area contributed by atoms with E-state index in [2.05, 4.69) is 38.5 Å². The van der Waals surface area contributed by atoms with E-state index in [9.17, 15) is 4.79 Å². The fourth-order valence-corrected chi connectivity index (χ4v) is 1.97. The molecule has 1 rings (SSSR count). The second-order valence-electron chi connectivity index (χ2n) is 1.75. The quantitative estimate of drug-likeness (QED) is 0.576. The molecule has 1 nitrogen and oxygen atoms in total. The second-order valence-corrected chi connectivity index (χ2v) is 3.64.